The molecule has 0 unspecified atom stereocenters. The third-order valence-corrected chi connectivity index (χ3v) is 5.54. The molecule has 1 aromatic carbocycles. The summed E-state index contributed by atoms with van der Waals surface area (Å²) in [7, 11) is 0. The number of hydrogen-bond acceptors (Lipinski definition) is 3. The summed E-state index contributed by atoms with van der Waals surface area (Å²) in [5.74, 6) is 0.578. The van der Waals surface area contributed by atoms with Gasteiger partial charge in [-0.1, -0.05) is 23.7 Å². The van der Waals surface area contributed by atoms with Crippen LogP contribution in [0.15, 0.2) is 41.0 Å². The zero-order chi connectivity index (χ0) is 19.6. The Morgan fingerprint density at radius 2 is 1.93 bits per heavy atom. The third-order valence-electron chi connectivity index (χ3n) is 5.30. The van der Waals surface area contributed by atoms with Crippen LogP contribution in [0.4, 0.5) is 0 Å². The third kappa shape index (κ3) is 4.19. The highest BCUT2D eigenvalue weighted by Crippen LogP contribution is 2.29. The van der Waals surface area contributed by atoms with E-state index in [-0.39, 0.29) is 17.9 Å². The van der Waals surface area contributed by atoms with Crippen molar-refractivity contribution in [3.63, 3.8) is 0 Å². The minimum absolute atomic E-state index is 0.0603. The number of hydrogen-bond donors (Lipinski definition) is 1. The zero-order valence-electron chi connectivity index (χ0n) is 15.9. The Kier molecular flexibility index (Phi) is 5.61. The summed E-state index contributed by atoms with van der Waals surface area (Å²) in [4.78, 5) is 27.3. The number of nitrogens with zero attached hydrogens (tertiary/aromatic N) is 1. The van der Waals surface area contributed by atoms with Gasteiger partial charge in [0, 0.05) is 24.2 Å². The fourth-order valence-electron chi connectivity index (χ4n) is 3.51. The highest BCUT2D eigenvalue weighted by molar-refractivity contribution is 6.30. The fraction of sp³-hybridized carbons (Fsp3) is 0.429. The van der Waals surface area contributed by atoms with Crippen LogP contribution in [0.5, 0.6) is 0 Å². The SMILES string of the molecule is Cc1occc1C(=O)NC1CCN(C(=O)C(C)(C)c2cccc(Cl)c2)CC1. The lowest BCUT2D eigenvalue weighted by atomic mass is 9.82. The summed E-state index contributed by atoms with van der Waals surface area (Å²) in [6, 6.07) is 9.19. The molecule has 1 fully saturated rings. The average molecular weight is 389 g/mol. The van der Waals surface area contributed by atoms with Gasteiger partial charge in [0.05, 0.1) is 17.2 Å². The molecule has 1 saturated heterocycles. The average Bonchev–Trinajstić information content (AvgIpc) is 3.08. The molecule has 1 aliphatic heterocycles. The molecule has 5 nitrogen and oxygen atoms in total. The zero-order valence-corrected chi connectivity index (χ0v) is 16.7. The Hall–Kier alpha value is -2.27. The summed E-state index contributed by atoms with van der Waals surface area (Å²) in [5, 5.41) is 3.67. The summed E-state index contributed by atoms with van der Waals surface area (Å²) in [6.07, 6.45) is 2.99. The van der Waals surface area contributed by atoms with Gasteiger partial charge in [0.2, 0.25) is 5.91 Å². The van der Waals surface area contributed by atoms with Crippen molar-refractivity contribution in [1.82, 2.24) is 10.2 Å². The Bertz CT molecular complexity index is 835. The molecule has 3 rings (SSSR count). The van der Waals surface area contributed by atoms with Crippen LogP contribution < -0.4 is 5.32 Å². The van der Waals surface area contributed by atoms with Crippen molar-refractivity contribution in [2.45, 2.75) is 45.1 Å². The molecule has 0 radical (unpaired) electrons. The minimum atomic E-state index is -0.644. The van der Waals surface area contributed by atoms with E-state index in [1.54, 1.807) is 13.0 Å². The molecule has 27 heavy (non-hydrogen) atoms. The number of rotatable bonds is 4. The highest BCUT2D eigenvalue weighted by atomic mass is 35.5. The van der Waals surface area contributed by atoms with Crippen molar-refractivity contribution in [3.05, 3.63) is 58.5 Å². The first kappa shape index (κ1) is 19.5. The Labute approximate surface area is 164 Å². The van der Waals surface area contributed by atoms with Crippen molar-refractivity contribution < 1.29 is 14.0 Å². The lowest BCUT2D eigenvalue weighted by molar-refractivity contribution is -0.137. The van der Waals surface area contributed by atoms with Crippen molar-refractivity contribution in [3.8, 4) is 0 Å². The van der Waals surface area contributed by atoms with Crippen LogP contribution in [-0.2, 0) is 10.2 Å². The molecule has 0 atom stereocenters. The highest BCUT2D eigenvalue weighted by Gasteiger charge is 2.35. The standard InChI is InChI=1S/C21H25ClN2O3/c1-14-18(9-12-27-14)19(25)23-17-7-10-24(11-8-17)20(26)21(2,3)15-5-4-6-16(22)13-15/h4-6,9,12-13,17H,7-8,10-11H2,1-3H3,(H,23,25). The van der Waals surface area contributed by atoms with Gasteiger partial charge in [-0.25, -0.2) is 0 Å². The van der Waals surface area contributed by atoms with Gasteiger partial charge in [0.1, 0.15) is 5.76 Å². The molecule has 0 saturated carbocycles. The van der Waals surface area contributed by atoms with Crippen molar-refractivity contribution in [2.24, 2.45) is 0 Å². The number of aryl methyl sites for hydroxylation is 1. The van der Waals surface area contributed by atoms with Crippen LogP contribution in [0.1, 0.15) is 48.4 Å². The molecule has 6 heteroatoms. The lowest BCUT2D eigenvalue weighted by Gasteiger charge is -2.37. The number of halogens is 1. The van der Waals surface area contributed by atoms with Crippen molar-refractivity contribution >= 4 is 23.4 Å². The number of piperidine rings is 1. The monoisotopic (exact) mass is 388 g/mol. The molecular weight excluding hydrogens is 364 g/mol. The number of carbonyl (C=O) groups is 2. The molecule has 2 aromatic rings. The van der Waals surface area contributed by atoms with E-state index in [1.165, 1.54) is 6.26 Å². The Morgan fingerprint density at radius 3 is 2.52 bits per heavy atom. The summed E-state index contributed by atoms with van der Waals surface area (Å²) in [5.41, 5.74) is 0.830. The molecule has 2 heterocycles. The van der Waals surface area contributed by atoms with Crippen molar-refractivity contribution in [1.29, 1.82) is 0 Å². The molecule has 1 aliphatic rings. The van der Waals surface area contributed by atoms with Gasteiger partial charge in [0.15, 0.2) is 0 Å². The van der Waals surface area contributed by atoms with E-state index in [2.05, 4.69) is 5.32 Å². The van der Waals surface area contributed by atoms with Crippen molar-refractivity contribution in [2.75, 3.05) is 13.1 Å². The molecule has 1 aromatic heterocycles. The van der Waals surface area contributed by atoms with Gasteiger partial charge in [-0.15, -0.1) is 0 Å². The smallest absolute Gasteiger partial charge is 0.255 e. The van der Waals surface area contributed by atoms with Crippen LogP contribution in [0, 0.1) is 6.92 Å². The maximum absolute atomic E-state index is 13.1. The van der Waals surface area contributed by atoms with E-state index < -0.39 is 5.41 Å². The molecule has 2 amide bonds. The number of furan rings is 1. The molecule has 1 N–H and O–H groups in total. The lowest BCUT2D eigenvalue weighted by Crippen LogP contribution is -2.51. The van der Waals surface area contributed by atoms with Crippen LogP contribution in [0.2, 0.25) is 5.02 Å². The quantitative estimate of drug-likeness (QED) is 0.862. The molecule has 0 aliphatic carbocycles. The summed E-state index contributed by atoms with van der Waals surface area (Å²) < 4.78 is 5.19. The molecule has 0 spiro atoms. The number of amides is 2. The van der Waals surface area contributed by atoms with Gasteiger partial charge in [-0.3, -0.25) is 9.59 Å². The predicted molar refractivity (Wildman–Crippen MR) is 105 cm³/mol. The number of likely N-dealkylation sites (tertiary alicyclic amines) is 1. The van der Waals surface area contributed by atoms with E-state index in [9.17, 15) is 9.59 Å². The second-order valence-corrected chi connectivity index (χ2v) is 8.00. The first-order valence-electron chi connectivity index (χ1n) is 9.19. The van der Waals surface area contributed by atoms with Crippen LogP contribution in [0.25, 0.3) is 0 Å². The first-order chi connectivity index (χ1) is 12.8. The van der Waals surface area contributed by atoms with Gasteiger partial charge >= 0.3 is 0 Å². The molecule has 144 valence electrons. The maximum Gasteiger partial charge on any atom is 0.255 e. The molecular formula is C21H25ClN2O3. The van der Waals surface area contributed by atoms with Gasteiger partial charge in [-0.05, 0) is 57.4 Å². The largest absolute Gasteiger partial charge is 0.469 e. The minimum Gasteiger partial charge on any atom is -0.469 e. The van der Waals surface area contributed by atoms with Gasteiger partial charge in [-0.2, -0.15) is 0 Å². The fourth-order valence-corrected chi connectivity index (χ4v) is 3.70. The Morgan fingerprint density at radius 1 is 1.22 bits per heavy atom. The second-order valence-electron chi connectivity index (χ2n) is 7.57. The van der Waals surface area contributed by atoms with Crippen LogP contribution >= 0.6 is 11.6 Å². The van der Waals surface area contributed by atoms with E-state index in [4.69, 9.17) is 16.0 Å². The normalized spacial score (nSPS) is 15.6. The van der Waals surface area contributed by atoms with E-state index in [0.29, 0.717) is 29.4 Å². The number of carbonyl (C=O) groups excluding carboxylic acids is 2. The van der Waals surface area contributed by atoms with E-state index in [1.807, 2.05) is 43.0 Å². The molecule has 0 bridgehead atoms. The maximum atomic E-state index is 13.1. The van der Waals surface area contributed by atoms with E-state index >= 15 is 0 Å². The second kappa shape index (κ2) is 7.77. The van der Waals surface area contributed by atoms with Gasteiger partial charge < -0.3 is 14.6 Å². The van der Waals surface area contributed by atoms with Crippen LogP contribution in [-0.4, -0.2) is 35.8 Å². The predicted octanol–water partition coefficient (Wildman–Crippen LogP) is 3.94. The summed E-state index contributed by atoms with van der Waals surface area (Å²) >= 11 is 6.09. The number of benzene rings is 1. The van der Waals surface area contributed by atoms with Crippen LogP contribution in [0.3, 0.4) is 0 Å². The summed E-state index contributed by atoms with van der Waals surface area (Å²) in [6.45, 7) is 6.87. The topological polar surface area (TPSA) is 62.6 Å². The van der Waals surface area contributed by atoms with E-state index in [0.717, 1.165) is 18.4 Å². The first-order valence-corrected chi connectivity index (χ1v) is 9.57. The number of nitrogens with one attached hydrogen (secondary N) is 1. The van der Waals surface area contributed by atoms with Gasteiger partial charge in [0.25, 0.3) is 5.91 Å². The Balaban J connectivity index is 1.59.